The van der Waals surface area contributed by atoms with Crippen LogP contribution < -0.4 is 14.5 Å². The molecule has 1 saturated heterocycles. The van der Waals surface area contributed by atoms with Crippen molar-refractivity contribution in [1.29, 1.82) is 0 Å². The fourth-order valence-electron chi connectivity index (χ4n) is 4.24. The summed E-state index contributed by atoms with van der Waals surface area (Å²) in [7, 11) is -0.759. The molecule has 1 aromatic carbocycles. The van der Waals surface area contributed by atoms with E-state index in [-0.39, 0.29) is 18.0 Å². The van der Waals surface area contributed by atoms with Gasteiger partial charge in [0.2, 0.25) is 5.67 Å². The van der Waals surface area contributed by atoms with Crippen molar-refractivity contribution in [3.8, 4) is 18.1 Å². The monoisotopic (exact) mass is 590 g/mol. The first-order valence-electron chi connectivity index (χ1n) is 12.7. The Morgan fingerprint density at radius 3 is 2.71 bits per heavy atom. The molecule has 2 aromatic heterocycles. The van der Waals surface area contributed by atoms with Gasteiger partial charge in [0.15, 0.2) is 23.2 Å². The van der Waals surface area contributed by atoms with E-state index in [1.165, 1.54) is 30.0 Å². The van der Waals surface area contributed by atoms with Crippen molar-refractivity contribution in [2.45, 2.75) is 50.9 Å². The zero-order valence-corrected chi connectivity index (χ0v) is 24.1. The summed E-state index contributed by atoms with van der Waals surface area (Å²) in [6, 6.07) is 6.99. The van der Waals surface area contributed by atoms with Crippen LogP contribution in [-0.4, -0.2) is 81.8 Å². The van der Waals surface area contributed by atoms with Crippen LogP contribution in [0.25, 0.3) is 11.2 Å². The number of ether oxygens (including phenoxy) is 2. The number of hydrogen-bond acceptors (Lipinski definition) is 11. The molecule has 41 heavy (non-hydrogen) atoms. The molecule has 2 N–H and O–H groups in total. The van der Waals surface area contributed by atoms with Crippen LogP contribution in [-0.2, 0) is 23.4 Å². The van der Waals surface area contributed by atoms with Crippen molar-refractivity contribution in [3.05, 3.63) is 42.5 Å². The first kappa shape index (κ1) is 30.4. The number of alkyl halides is 1. The second-order valence-corrected chi connectivity index (χ2v) is 11.2. The molecule has 220 valence electrons. The summed E-state index contributed by atoms with van der Waals surface area (Å²) in [5, 5.41) is 13.5. The van der Waals surface area contributed by atoms with Crippen molar-refractivity contribution >= 4 is 30.7 Å². The minimum atomic E-state index is -4.31. The first-order chi connectivity index (χ1) is 19.4. The lowest BCUT2D eigenvalue weighted by Gasteiger charge is -2.25. The standard InChI is InChI=1S/C26H32FN6O7P/c1-7-26(27)21(34)19(39-25(26)33-15-28-20-22(32(5)6)29-17(4)30-23(20)33)14-38-41(36,31-16(3)24(35)37-8-2)40-18-12-10-9-11-13-18/h1,9-13,15-16,19,21,25,34H,8,14H2,2-6H3,(H,31,36)/t16-,19-,21-,25-,26-,41-/m1/s1. The summed E-state index contributed by atoms with van der Waals surface area (Å²) in [5.74, 6) is 2.37. The van der Waals surface area contributed by atoms with Gasteiger partial charge in [0, 0.05) is 14.1 Å². The largest absolute Gasteiger partial charge is 0.465 e. The Balaban J connectivity index is 1.61. The molecule has 3 heterocycles. The SMILES string of the molecule is C#C[C@@]1(F)[C@H](O)[C@@H](CO[P@](=O)(N[C@H](C)C(=O)OCC)Oc2ccccc2)O[C@H]1n1cnc2c(N(C)C)nc(C)nc21. The average Bonchev–Trinajstić information content (AvgIpc) is 3.45. The molecule has 13 nitrogen and oxygen atoms in total. The Morgan fingerprint density at radius 2 is 2.07 bits per heavy atom. The Bertz CT molecular complexity index is 1480. The molecule has 0 aliphatic carbocycles. The predicted octanol–water partition coefficient (Wildman–Crippen LogP) is 2.55. The number of aliphatic hydroxyl groups excluding tert-OH is 1. The van der Waals surface area contributed by atoms with Crippen molar-refractivity contribution < 1.29 is 37.4 Å². The van der Waals surface area contributed by atoms with E-state index in [2.05, 4.69) is 20.0 Å². The van der Waals surface area contributed by atoms with E-state index in [4.69, 9.17) is 24.9 Å². The molecule has 0 radical (unpaired) electrons. The zero-order valence-electron chi connectivity index (χ0n) is 23.2. The Kier molecular flexibility index (Phi) is 8.96. The van der Waals surface area contributed by atoms with Crippen molar-refractivity contribution in [1.82, 2.24) is 24.6 Å². The molecule has 0 spiro atoms. The summed E-state index contributed by atoms with van der Waals surface area (Å²) >= 11 is 0. The van der Waals surface area contributed by atoms with Crippen LogP contribution in [0.4, 0.5) is 10.2 Å². The van der Waals surface area contributed by atoms with E-state index in [0.29, 0.717) is 17.2 Å². The highest BCUT2D eigenvalue weighted by Gasteiger charge is 2.58. The third-order valence-electron chi connectivity index (χ3n) is 6.23. The van der Waals surface area contributed by atoms with Gasteiger partial charge >= 0.3 is 13.7 Å². The number of hydrogen-bond donors (Lipinski definition) is 2. The molecular weight excluding hydrogens is 558 g/mol. The number of nitrogens with one attached hydrogen (secondary N) is 1. The Labute approximate surface area is 236 Å². The molecule has 1 fully saturated rings. The van der Waals surface area contributed by atoms with Gasteiger partial charge in [0.25, 0.3) is 0 Å². The maximum Gasteiger partial charge on any atom is 0.459 e. The smallest absolute Gasteiger partial charge is 0.459 e. The van der Waals surface area contributed by atoms with E-state index in [9.17, 15) is 14.5 Å². The second-order valence-electron chi connectivity index (χ2n) is 9.50. The topological polar surface area (TPSA) is 150 Å². The summed E-state index contributed by atoms with van der Waals surface area (Å²) in [5.41, 5.74) is -2.13. The number of aliphatic hydroxyl groups is 1. The maximum absolute atomic E-state index is 16.2. The summed E-state index contributed by atoms with van der Waals surface area (Å²) < 4.78 is 53.3. The molecule has 1 aliphatic heterocycles. The molecule has 3 aromatic rings. The number of aromatic nitrogens is 4. The van der Waals surface area contributed by atoms with Crippen LogP contribution >= 0.6 is 7.75 Å². The number of carbonyl (C=O) groups is 1. The molecule has 0 unspecified atom stereocenters. The Morgan fingerprint density at radius 1 is 1.37 bits per heavy atom. The van der Waals surface area contributed by atoms with Gasteiger partial charge in [-0.25, -0.2) is 23.9 Å². The fourth-order valence-corrected chi connectivity index (χ4v) is 5.74. The van der Waals surface area contributed by atoms with Gasteiger partial charge in [-0.2, -0.15) is 5.09 Å². The van der Waals surface area contributed by atoms with Gasteiger partial charge < -0.3 is 24.0 Å². The van der Waals surface area contributed by atoms with E-state index in [1.54, 1.807) is 51.0 Å². The number of halogens is 1. The van der Waals surface area contributed by atoms with Gasteiger partial charge in [-0.3, -0.25) is 13.9 Å². The number of anilines is 1. The molecule has 15 heteroatoms. The maximum atomic E-state index is 16.2. The first-order valence-corrected chi connectivity index (χ1v) is 14.3. The van der Waals surface area contributed by atoms with Gasteiger partial charge in [-0.1, -0.05) is 24.1 Å². The predicted molar refractivity (Wildman–Crippen MR) is 147 cm³/mol. The summed E-state index contributed by atoms with van der Waals surface area (Å²) in [6.45, 7) is 4.20. The lowest BCUT2D eigenvalue weighted by atomic mass is 9.97. The van der Waals surface area contributed by atoms with E-state index in [1.807, 2.05) is 5.92 Å². The number of aryl methyl sites for hydroxylation is 1. The van der Waals surface area contributed by atoms with Crippen molar-refractivity contribution in [3.63, 3.8) is 0 Å². The number of carbonyl (C=O) groups excluding carboxylic acids is 1. The number of nitrogens with zero attached hydrogens (tertiary/aromatic N) is 5. The van der Waals surface area contributed by atoms with Crippen molar-refractivity contribution in [2.75, 3.05) is 32.2 Å². The molecule has 1 aliphatic rings. The number of benzene rings is 1. The van der Waals surface area contributed by atoms with Crippen LogP contribution in [0.5, 0.6) is 5.75 Å². The van der Waals surface area contributed by atoms with Gasteiger partial charge in [-0.05, 0) is 32.9 Å². The minimum Gasteiger partial charge on any atom is -0.465 e. The van der Waals surface area contributed by atoms with E-state index >= 15 is 4.39 Å². The van der Waals surface area contributed by atoms with E-state index < -0.39 is 50.5 Å². The summed E-state index contributed by atoms with van der Waals surface area (Å²) in [6.07, 6.45) is 1.98. The zero-order chi connectivity index (χ0) is 29.9. The minimum absolute atomic E-state index is 0.104. The van der Waals surface area contributed by atoms with Gasteiger partial charge in [0.1, 0.15) is 29.8 Å². The highest BCUT2D eigenvalue weighted by molar-refractivity contribution is 7.52. The molecule has 0 bridgehead atoms. The van der Waals surface area contributed by atoms with Crippen molar-refractivity contribution in [2.24, 2.45) is 0 Å². The van der Waals surface area contributed by atoms with Crippen LogP contribution in [0.1, 0.15) is 25.9 Å². The molecule has 0 amide bonds. The molecule has 6 atom stereocenters. The lowest BCUT2D eigenvalue weighted by molar-refractivity contribution is -0.144. The molecule has 4 rings (SSSR count). The molecule has 0 saturated carbocycles. The van der Waals surface area contributed by atoms with Crippen LogP contribution in [0.3, 0.4) is 0 Å². The second kappa shape index (κ2) is 12.1. The number of para-hydroxylation sites is 1. The number of imidazole rings is 1. The third kappa shape index (κ3) is 6.19. The van der Waals surface area contributed by atoms with Crippen LogP contribution in [0.2, 0.25) is 0 Å². The number of terminal acetylenes is 1. The van der Waals surface area contributed by atoms with Gasteiger partial charge in [0.05, 0.1) is 19.5 Å². The lowest BCUT2D eigenvalue weighted by Crippen LogP contribution is -2.42. The van der Waals surface area contributed by atoms with Crippen LogP contribution in [0.15, 0.2) is 36.7 Å². The Hall–Kier alpha value is -3.60. The number of rotatable bonds is 11. The molecular formula is C26H32FN6O7P. The highest BCUT2D eigenvalue weighted by atomic mass is 31.2. The quantitative estimate of drug-likeness (QED) is 0.192. The fraction of sp³-hybridized carbons (Fsp3) is 0.462. The van der Waals surface area contributed by atoms with E-state index in [0.717, 1.165) is 0 Å². The number of esters is 1. The van der Waals surface area contributed by atoms with Gasteiger partial charge in [-0.15, -0.1) is 6.42 Å². The summed E-state index contributed by atoms with van der Waals surface area (Å²) in [4.78, 5) is 27.0. The third-order valence-corrected chi connectivity index (χ3v) is 7.87. The van der Waals surface area contributed by atoms with Crippen LogP contribution in [0, 0.1) is 19.3 Å². The highest BCUT2D eigenvalue weighted by Crippen LogP contribution is 2.48. The normalized spacial score (nSPS) is 24.4. The number of fused-ring (bicyclic) bond motifs is 1. The average molecular weight is 591 g/mol.